The molecule has 0 aromatic heterocycles. The van der Waals surface area contributed by atoms with E-state index in [4.69, 9.17) is 0 Å². The first-order valence-corrected chi connectivity index (χ1v) is 5.13. The van der Waals surface area contributed by atoms with Crippen molar-refractivity contribution in [2.24, 2.45) is 0 Å². The summed E-state index contributed by atoms with van der Waals surface area (Å²) in [7, 11) is 3.95. The van der Waals surface area contributed by atoms with Crippen molar-refractivity contribution in [1.82, 2.24) is 4.90 Å². The SMILES string of the molecule is [CH2]N1CCN(c2ccccc2C)CC1. The van der Waals surface area contributed by atoms with Crippen LogP contribution in [-0.2, 0) is 0 Å². The zero-order chi connectivity index (χ0) is 9.97. The molecule has 14 heavy (non-hydrogen) atoms. The van der Waals surface area contributed by atoms with E-state index in [1.807, 2.05) is 0 Å². The van der Waals surface area contributed by atoms with Crippen LogP contribution in [-0.4, -0.2) is 31.1 Å². The van der Waals surface area contributed by atoms with E-state index in [2.05, 4.69) is 48.0 Å². The summed E-state index contributed by atoms with van der Waals surface area (Å²) in [5, 5.41) is 0. The number of rotatable bonds is 1. The van der Waals surface area contributed by atoms with Gasteiger partial charge in [0.2, 0.25) is 0 Å². The second-order valence-corrected chi connectivity index (χ2v) is 3.89. The van der Waals surface area contributed by atoms with Crippen molar-refractivity contribution in [3.8, 4) is 0 Å². The van der Waals surface area contributed by atoms with Crippen LogP contribution in [0.5, 0.6) is 0 Å². The second-order valence-electron chi connectivity index (χ2n) is 3.89. The summed E-state index contributed by atoms with van der Waals surface area (Å²) in [6, 6.07) is 8.58. The molecule has 0 amide bonds. The highest BCUT2D eigenvalue weighted by Crippen LogP contribution is 2.20. The minimum absolute atomic E-state index is 1.06. The summed E-state index contributed by atoms with van der Waals surface area (Å²) >= 11 is 0. The quantitative estimate of drug-likeness (QED) is 0.666. The van der Waals surface area contributed by atoms with Gasteiger partial charge in [0.05, 0.1) is 0 Å². The Morgan fingerprint density at radius 3 is 2.36 bits per heavy atom. The Labute approximate surface area is 86.1 Å². The van der Waals surface area contributed by atoms with Crippen LogP contribution in [0, 0.1) is 14.0 Å². The van der Waals surface area contributed by atoms with E-state index in [9.17, 15) is 0 Å². The van der Waals surface area contributed by atoms with Gasteiger partial charge in [-0.05, 0) is 18.6 Å². The molecule has 0 aliphatic carbocycles. The fraction of sp³-hybridized carbons (Fsp3) is 0.417. The molecule has 0 atom stereocenters. The maximum absolute atomic E-state index is 3.95. The highest BCUT2D eigenvalue weighted by molar-refractivity contribution is 5.53. The van der Waals surface area contributed by atoms with Gasteiger partial charge in [0, 0.05) is 38.9 Å². The average Bonchev–Trinajstić information content (AvgIpc) is 2.20. The van der Waals surface area contributed by atoms with Crippen LogP contribution in [0.1, 0.15) is 5.56 Å². The third-order valence-corrected chi connectivity index (χ3v) is 2.83. The smallest absolute Gasteiger partial charge is 0.0396 e. The fourth-order valence-electron chi connectivity index (χ4n) is 1.91. The van der Waals surface area contributed by atoms with Crippen molar-refractivity contribution in [2.75, 3.05) is 31.1 Å². The summed E-state index contributed by atoms with van der Waals surface area (Å²) in [6.07, 6.45) is 0. The summed E-state index contributed by atoms with van der Waals surface area (Å²) in [5.41, 5.74) is 2.74. The van der Waals surface area contributed by atoms with E-state index in [0.717, 1.165) is 26.2 Å². The second kappa shape index (κ2) is 4.01. The van der Waals surface area contributed by atoms with Gasteiger partial charge in [0.1, 0.15) is 0 Å². The van der Waals surface area contributed by atoms with Crippen LogP contribution in [0.3, 0.4) is 0 Å². The maximum atomic E-state index is 3.95. The number of hydrogen-bond acceptors (Lipinski definition) is 2. The highest BCUT2D eigenvalue weighted by atomic mass is 15.2. The number of nitrogens with zero attached hydrogens (tertiary/aromatic N) is 2. The molecule has 2 heteroatoms. The third-order valence-electron chi connectivity index (χ3n) is 2.83. The normalized spacial score (nSPS) is 18.6. The lowest BCUT2D eigenvalue weighted by Gasteiger charge is -2.34. The summed E-state index contributed by atoms with van der Waals surface area (Å²) in [6.45, 7) is 6.48. The van der Waals surface area contributed by atoms with Gasteiger partial charge in [-0.1, -0.05) is 18.2 Å². The first-order valence-electron chi connectivity index (χ1n) is 5.13. The van der Waals surface area contributed by atoms with E-state index in [0.29, 0.717) is 0 Å². The van der Waals surface area contributed by atoms with Crippen molar-refractivity contribution < 1.29 is 0 Å². The molecular formula is C12H17N2. The molecule has 0 unspecified atom stereocenters. The van der Waals surface area contributed by atoms with Crippen molar-refractivity contribution >= 4 is 5.69 Å². The number of anilines is 1. The largest absolute Gasteiger partial charge is 0.369 e. The van der Waals surface area contributed by atoms with Gasteiger partial charge in [-0.25, -0.2) is 0 Å². The summed E-state index contributed by atoms with van der Waals surface area (Å²) < 4.78 is 0. The van der Waals surface area contributed by atoms with Crippen molar-refractivity contribution in [1.29, 1.82) is 0 Å². The van der Waals surface area contributed by atoms with Crippen LogP contribution in [0.15, 0.2) is 24.3 Å². The monoisotopic (exact) mass is 189 g/mol. The van der Waals surface area contributed by atoms with Gasteiger partial charge in [-0.15, -0.1) is 0 Å². The molecule has 75 valence electrons. The molecule has 0 spiro atoms. The standard InChI is InChI=1S/C12H17N2/c1-11-5-3-4-6-12(11)14-9-7-13(2)8-10-14/h3-6H,2,7-10H2,1H3. The van der Waals surface area contributed by atoms with Crippen LogP contribution in [0.4, 0.5) is 5.69 Å². The fourth-order valence-corrected chi connectivity index (χ4v) is 1.91. The number of benzene rings is 1. The van der Waals surface area contributed by atoms with Crippen LogP contribution >= 0.6 is 0 Å². The Morgan fingerprint density at radius 2 is 1.71 bits per heavy atom. The van der Waals surface area contributed by atoms with Crippen LogP contribution in [0.2, 0.25) is 0 Å². The first-order chi connectivity index (χ1) is 6.77. The summed E-state index contributed by atoms with van der Waals surface area (Å²) in [4.78, 5) is 4.58. The first kappa shape index (κ1) is 9.53. The van der Waals surface area contributed by atoms with Crippen molar-refractivity contribution in [3.05, 3.63) is 36.9 Å². The predicted molar refractivity (Wildman–Crippen MR) is 60.3 cm³/mol. The Hall–Kier alpha value is -1.02. The molecule has 2 rings (SSSR count). The Bertz CT molecular complexity index is 301. The Morgan fingerprint density at radius 1 is 1.07 bits per heavy atom. The molecule has 1 saturated heterocycles. The number of para-hydroxylation sites is 1. The van der Waals surface area contributed by atoms with Crippen molar-refractivity contribution in [2.45, 2.75) is 6.92 Å². The van der Waals surface area contributed by atoms with E-state index in [1.165, 1.54) is 11.3 Å². The van der Waals surface area contributed by atoms with E-state index >= 15 is 0 Å². The predicted octanol–water partition coefficient (Wildman–Crippen LogP) is 1.91. The molecule has 1 fully saturated rings. The summed E-state index contributed by atoms with van der Waals surface area (Å²) in [5.74, 6) is 0. The molecule has 1 aliphatic heterocycles. The molecule has 0 saturated carbocycles. The lowest BCUT2D eigenvalue weighted by molar-refractivity contribution is 0.344. The molecule has 1 aromatic carbocycles. The Balaban J connectivity index is 2.12. The third kappa shape index (κ3) is 1.90. The van der Waals surface area contributed by atoms with Gasteiger partial charge in [0.25, 0.3) is 0 Å². The van der Waals surface area contributed by atoms with Gasteiger partial charge < -0.3 is 4.90 Å². The van der Waals surface area contributed by atoms with Crippen LogP contribution in [0.25, 0.3) is 0 Å². The highest BCUT2D eigenvalue weighted by Gasteiger charge is 2.14. The van der Waals surface area contributed by atoms with Gasteiger partial charge >= 0.3 is 0 Å². The van der Waals surface area contributed by atoms with E-state index < -0.39 is 0 Å². The number of aryl methyl sites for hydroxylation is 1. The molecule has 1 aliphatic rings. The molecule has 0 bridgehead atoms. The number of piperazine rings is 1. The maximum Gasteiger partial charge on any atom is 0.0396 e. The lowest BCUT2D eigenvalue weighted by Crippen LogP contribution is -2.43. The Kier molecular flexibility index (Phi) is 2.73. The molecule has 0 N–H and O–H groups in total. The van der Waals surface area contributed by atoms with Gasteiger partial charge in [-0.2, -0.15) is 0 Å². The molecule has 1 aromatic rings. The molecule has 1 radical (unpaired) electrons. The minimum Gasteiger partial charge on any atom is -0.369 e. The molecule has 2 nitrogen and oxygen atoms in total. The lowest BCUT2D eigenvalue weighted by atomic mass is 10.1. The van der Waals surface area contributed by atoms with E-state index in [1.54, 1.807) is 0 Å². The average molecular weight is 189 g/mol. The minimum atomic E-state index is 1.06. The zero-order valence-corrected chi connectivity index (χ0v) is 8.74. The zero-order valence-electron chi connectivity index (χ0n) is 8.74. The molecule has 1 heterocycles. The number of hydrogen-bond donors (Lipinski definition) is 0. The van der Waals surface area contributed by atoms with Crippen molar-refractivity contribution in [3.63, 3.8) is 0 Å². The van der Waals surface area contributed by atoms with E-state index in [-0.39, 0.29) is 0 Å². The molecular weight excluding hydrogens is 172 g/mol. The topological polar surface area (TPSA) is 6.48 Å². The van der Waals surface area contributed by atoms with Gasteiger partial charge in [-0.3, -0.25) is 4.90 Å². The van der Waals surface area contributed by atoms with Crippen LogP contribution < -0.4 is 4.90 Å². The van der Waals surface area contributed by atoms with Gasteiger partial charge in [0.15, 0.2) is 0 Å².